The van der Waals surface area contributed by atoms with Gasteiger partial charge >= 0.3 is 0 Å². The summed E-state index contributed by atoms with van der Waals surface area (Å²) >= 11 is 0. The van der Waals surface area contributed by atoms with E-state index in [1.165, 1.54) is 11.3 Å². The Balaban J connectivity index is 2.23. The maximum Gasteiger partial charge on any atom is 0.116 e. The summed E-state index contributed by atoms with van der Waals surface area (Å²) in [6, 6.07) is 7.44. The Morgan fingerprint density at radius 2 is 2.00 bits per heavy atom. The highest BCUT2D eigenvalue weighted by atomic mass is 16.3. The van der Waals surface area contributed by atoms with Gasteiger partial charge in [0, 0.05) is 17.5 Å². The zero-order valence-electron chi connectivity index (χ0n) is 10.7. The van der Waals surface area contributed by atoms with Gasteiger partial charge in [0.05, 0.1) is 6.54 Å². The summed E-state index contributed by atoms with van der Waals surface area (Å²) in [5, 5.41) is 9.51. The standard InChI is InChI=1S/C15H19NO/c1-15(2,3)14-10-12(7-8-16-14)11-5-4-6-13(17)9-11/h4-7,9,17H,8,10H2,1-3H3. The van der Waals surface area contributed by atoms with Gasteiger partial charge in [0.15, 0.2) is 0 Å². The van der Waals surface area contributed by atoms with Gasteiger partial charge in [-0.15, -0.1) is 0 Å². The average molecular weight is 229 g/mol. The zero-order chi connectivity index (χ0) is 12.5. The molecule has 0 atom stereocenters. The topological polar surface area (TPSA) is 32.6 Å². The molecule has 1 aromatic carbocycles. The van der Waals surface area contributed by atoms with Gasteiger partial charge in [0.2, 0.25) is 0 Å². The van der Waals surface area contributed by atoms with Crippen LogP contribution in [0.4, 0.5) is 0 Å². The maximum absolute atomic E-state index is 9.51. The van der Waals surface area contributed by atoms with Crippen molar-refractivity contribution >= 4 is 11.3 Å². The van der Waals surface area contributed by atoms with Gasteiger partial charge < -0.3 is 5.11 Å². The molecule has 1 aromatic rings. The first-order chi connectivity index (χ1) is 7.97. The molecule has 1 N–H and O–H groups in total. The van der Waals surface area contributed by atoms with Crippen LogP contribution in [0, 0.1) is 5.41 Å². The van der Waals surface area contributed by atoms with Crippen molar-refractivity contribution in [3.05, 3.63) is 35.9 Å². The van der Waals surface area contributed by atoms with Crippen LogP contribution in [0.5, 0.6) is 5.75 Å². The van der Waals surface area contributed by atoms with Crippen molar-refractivity contribution in [3.63, 3.8) is 0 Å². The van der Waals surface area contributed by atoms with Gasteiger partial charge in [-0.3, -0.25) is 4.99 Å². The van der Waals surface area contributed by atoms with Crippen molar-refractivity contribution in [2.45, 2.75) is 27.2 Å². The zero-order valence-corrected chi connectivity index (χ0v) is 10.7. The molecule has 2 rings (SSSR count). The highest BCUT2D eigenvalue weighted by molar-refractivity contribution is 5.98. The first-order valence-electron chi connectivity index (χ1n) is 5.99. The van der Waals surface area contributed by atoms with Crippen LogP contribution in [-0.2, 0) is 0 Å². The van der Waals surface area contributed by atoms with E-state index in [0.717, 1.165) is 18.5 Å². The number of aliphatic imine (C=N–C) groups is 1. The second-order valence-corrected chi connectivity index (χ2v) is 5.49. The molecule has 1 aliphatic heterocycles. The molecule has 0 aromatic heterocycles. The van der Waals surface area contributed by atoms with Gasteiger partial charge in [-0.1, -0.05) is 39.0 Å². The van der Waals surface area contributed by atoms with E-state index in [4.69, 9.17) is 0 Å². The van der Waals surface area contributed by atoms with E-state index >= 15 is 0 Å². The van der Waals surface area contributed by atoms with Crippen molar-refractivity contribution < 1.29 is 5.11 Å². The Morgan fingerprint density at radius 1 is 1.24 bits per heavy atom. The minimum atomic E-state index is 0.121. The fourth-order valence-electron chi connectivity index (χ4n) is 2.00. The summed E-state index contributed by atoms with van der Waals surface area (Å²) in [4.78, 5) is 4.58. The van der Waals surface area contributed by atoms with E-state index in [0.29, 0.717) is 5.75 Å². The molecule has 0 amide bonds. The molecule has 17 heavy (non-hydrogen) atoms. The summed E-state index contributed by atoms with van der Waals surface area (Å²) in [7, 11) is 0. The molecule has 0 radical (unpaired) electrons. The number of aromatic hydroxyl groups is 1. The predicted octanol–water partition coefficient (Wildman–Crippen LogP) is 3.67. The molecule has 0 spiro atoms. The second-order valence-electron chi connectivity index (χ2n) is 5.49. The summed E-state index contributed by atoms with van der Waals surface area (Å²) in [5.74, 6) is 0.322. The number of phenolic OH excluding ortho intramolecular Hbond substituents is 1. The van der Waals surface area contributed by atoms with Crippen LogP contribution < -0.4 is 0 Å². The Hall–Kier alpha value is -1.57. The molecule has 1 heterocycles. The molecule has 0 fully saturated rings. The lowest BCUT2D eigenvalue weighted by molar-refractivity contribution is 0.475. The normalized spacial score (nSPS) is 16.4. The molecular formula is C15H19NO. The molecule has 0 saturated carbocycles. The van der Waals surface area contributed by atoms with E-state index in [-0.39, 0.29) is 5.41 Å². The third-order valence-electron chi connectivity index (χ3n) is 3.06. The molecule has 2 heteroatoms. The molecule has 1 aliphatic rings. The number of dihydropyridines is 1. The minimum Gasteiger partial charge on any atom is -0.508 e. The highest BCUT2D eigenvalue weighted by Gasteiger charge is 2.22. The number of hydrogen-bond acceptors (Lipinski definition) is 2. The van der Waals surface area contributed by atoms with Crippen LogP contribution in [-0.4, -0.2) is 17.4 Å². The van der Waals surface area contributed by atoms with Crippen LogP contribution in [0.15, 0.2) is 35.3 Å². The van der Waals surface area contributed by atoms with Crippen molar-refractivity contribution in [2.75, 3.05) is 6.54 Å². The molecule has 0 bridgehead atoms. The first-order valence-corrected chi connectivity index (χ1v) is 5.99. The van der Waals surface area contributed by atoms with E-state index in [2.05, 4.69) is 31.8 Å². The van der Waals surface area contributed by atoms with Gasteiger partial charge in [-0.2, -0.15) is 0 Å². The molecule has 0 saturated heterocycles. The number of allylic oxidation sites excluding steroid dienone is 1. The van der Waals surface area contributed by atoms with Gasteiger partial charge in [0.25, 0.3) is 0 Å². The van der Waals surface area contributed by atoms with Crippen molar-refractivity contribution in [2.24, 2.45) is 10.4 Å². The van der Waals surface area contributed by atoms with Crippen LogP contribution in [0.2, 0.25) is 0 Å². The molecule has 0 unspecified atom stereocenters. The Labute approximate surface area is 103 Å². The van der Waals surface area contributed by atoms with Crippen molar-refractivity contribution in [1.82, 2.24) is 0 Å². The summed E-state index contributed by atoms with van der Waals surface area (Å²) in [6.45, 7) is 7.32. The first kappa shape index (κ1) is 11.9. The Bertz CT molecular complexity index is 478. The van der Waals surface area contributed by atoms with Crippen LogP contribution in [0.25, 0.3) is 5.57 Å². The second kappa shape index (κ2) is 4.36. The van der Waals surface area contributed by atoms with Crippen LogP contribution in [0.3, 0.4) is 0 Å². The quantitative estimate of drug-likeness (QED) is 0.783. The fourth-order valence-corrected chi connectivity index (χ4v) is 2.00. The summed E-state index contributed by atoms with van der Waals surface area (Å²) < 4.78 is 0. The number of phenols is 1. The van der Waals surface area contributed by atoms with E-state index in [1.807, 2.05) is 18.2 Å². The summed E-state index contributed by atoms with van der Waals surface area (Å²) in [6.07, 6.45) is 3.02. The van der Waals surface area contributed by atoms with Gasteiger partial charge in [-0.25, -0.2) is 0 Å². The highest BCUT2D eigenvalue weighted by Crippen LogP contribution is 2.30. The monoisotopic (exact) mass is 229 g/mol. The molecule has 90 valence electrons. The van der Waals surface area contributed by atoms with Crippen molar-refractivity contribution in [1.29, 1.82) is 0 Å². The lowest BCUT2D eigenvalue weighted by atomic mass is 9.83. The lowest BCUT2D eigenvalue weighted by Gasteiger charge is -2.25. The lowest BCUT2D eigenvalue weighted by Crippen LogP contribution is -2.22. The largest absolute Gasteiger partial charge is 0.508 e. The number of nitrogens with zero attached hydrogens (tertiary/aromatic N) is 1. The predicted molar refractivity (Wildman–Crippen MR) is 72.5 cm³/mol. The third-order valence-corrected chi connectivity index (χ3v) is 3.06. The average Bonchev–Trinajstić information content (AvgIpc) is 2.28. The number of rotatable bonds is 1. The third kappa shape index (κ3) is 2.76. The smallest absolute Gasteiger partial charge is 0.116 e. The SMILES string of the molecule is CC(C)(C)C1=NCC=C(c2cccc(O)c2)C1. The Kier molecular flexibility index (Phi) is 3.05. The van der Waals surface area contributed by atoms with Gasteiger partial charge in [0.1, 0.15) is 5.75 Å². The fraction of sp³-hybridized carbons (Fsp3) is 0.400. The Morgan fingerprint density at radius 3 is 2.65 bits per heavy atom. The molecule has 0 aliphatic carbocycles. The number of benzene rings is 1. The van der Waals surface area contributed by atoms with E-state index < -0.39 is 0 Å². The number of hydrogen-bond donors (Lipinski definition) is 1. The van der Waals surface area contributed by atoms with Crippen LogP contribution >= 0.6 is 0 Å². The maximum atomic E-state index is 9.51. The minimum absolute atomic E-state index is 0.121. The van der Waals surface area contributed by atoms with Crippen molar-refractivity contribution in [3.8, 4) is 5.75 Å². The molecular weight excluding hydrogens is 210 g/mol. The summed E-state index contributed by atoms with van der Waals surface area (Å²) in [5.41, 5.74) is 3.72. The van der Waals surface area contributed by atoms with E-state index in [9.17, 15) is 5.11 Å². The van der Waals surface area contributed by atoms with E-state index in [1.54, 1.807) is 6.07 Å². The van der Waals surface area contributed by atoms with Gasteiger partial charge in [-0.05, 0) is 23.3 Å². The molecule has 2 nitrogen and oxygen atoms in total. The van der Waals surface area contributed by atoms with Crippen LogP contribution in [0.1, 0.15) is 32.8 Å².